The SMILES string of the molecule is CC(C(=O)c1ccc(Cl)cc1Cl)n1cc([N+](=O)[O-])cn1. The third-order valence-electron chi connectivity index (χ3n) is 2.77. The number of nitrogens with zero attached hydrogens (tertiary/aromatic N) is 3. The number of carbonyl (C=O) groups excluding carboxylic acids is 1. The molecule has 0 saturated carbocycles. The van der Waals surface area contributed by atoms with Crippen molar-refractivity contribution in [2.45, 2.75) is 13.0 Å². The average molecular weight is 314 g/mol. The Balaban J connectivity index is 2.29. The molecule has 0 radical (unpaired) electrons. The predicted octanol–water partition coefficient (Wildman–Crippen LogP) is 3.54. The van der Waals surface area contributed by atoms with Crippen LogP contribution in [0.25, 0.3) is 0 Å². The van der Waals surface area contributed by atoms with Crippen LogP contribution in [0.3, 0.4) is 0 Å². The molecule has 0 spiro atoms. The van der Waals surface area contributed by atoms with E-state index in [2.05, 4.69) is 5.10 Å². The minimum absolute atomic E-state index is 0.174. The van der Waals surface area contributed by atoms with E-state index in [-0.39, 0.29) is 16.5 Å². The van der Waals surface area contributed by atoms with E-state index in [1.165, 1.54) is 23.0 Å². The van der Waals surface area contributed by atoms with Gasteiger partial charge in [0.05, 0.1) is 9.95 Å². The lowest BCUT2D eigenvalue weighted by Crippen LogP contribution is -2.17. The van der Waals surface area contributed by atoms with Crippen molar-refractivity contribution in [3.63, 3.8) is 0 Å². The molecule has 1 unspecified atom stereocenters. The Morgan fingerprint density at radius 1 is 1.45 bits per heavy atom. The van der Waals surface area contributed by atoms with Gasteiger partial charge >= 0.3 is 5.69 Å². The molecule has 1 heterocycles. The second-order valence-corrected chi connectivity index (χ2v) is 4.94. The van der Waals surface area contributed by atoms with Crippen LogP contribution >= 0.6 is 23.2 Å². The number of rotatable bonds is 4. The van der Waals surface area contributed by atoms with Gasteiger partial charge in [-0.15, -0.1) is 0 Å². The summed E-state index contributed by atoms with van der Waals surface area (Å²) in [7, 11) is 0. The Kier molecular flexibility index (Phi) is 4.06. The second-order valence-electron chi connectivity index (χ2n) is 4.10. The second kappa shape index (κ2) is 5.60. The van der Waals surface area contributed by atoms with Gasteiger partial charge in [-0.25, -0.2) is 0 Å². The van der Waals surface area contributed by atoms with Gasteiger partial charge in [0.2, 0.25) is 0 Å². The zero-order valence-corrected chi connectivity index (χ0v) is 11.8. The highest BCUT2D eigenvalue weighted by Crippen LogP contribution is 2.25. The van der Waals surface area contributed by atoms with Gasteiger partial charge in [0.15, 0.2) is 5.78 Å². The van der Waals surface area contributed by atoms with Crippen LogP contribution in [0, 0.1) is 10.1 Å². The molecule has 0 aliphatic carbocycles. The van der Waals surface area contributed by atoms with Crippen LogP contribution in [0.15, 0.2) is 30.6 Å². The quantitative estimate of drug-likeness (QED) is 0.491. The molecule has 1 aromatic carbocycles. The number of halogens is 2. The Hall–Kier alpha value is -1.92. The summed E-state index contributed by atoms with van der Waals surface area (Å²) in [6, 6.07) is 3.83. The molecule has 104 valence electrons. The molecule has 0 amide bonds. The predicted molar refractivity (Wildman–Crippen MR) is 74.4 cm³/mol. The third kappa shape index (κ3) is 2.81. The number of aromatic nitrogens is 2. The van der Waals surface area contributed by atoms with E-state index in [1.807, 2.05) is 0 Å². The van der Waals surface area contributed by atoms with Gasteiger partial charge in [-0.05, 0) is 25.1 Å². The van der Waals surface area contributed by atoms with Gasteiger partial charge in [-0.1, -0.05) is 23.2 Å². The number of hydrogen-bond donors (Lipinski definition) is 0. The summed E-state index contributed by atoms with van der Waals surface area (Å²) in [6.45, 7) is 1.59. The van der Waals surface area contributed by atoms with Crippen LogP contribution in [0.4, 0.5) is 5.69 Å². The number of hydrogen-bond acceptors (Lipinski definition) is 4. The van der Waals surface area contributed by atoms with Crippen molar-refractivity contribution in [2.24, 2.45) is 0 Å². The Bertz CT molecular complexity index is 684. The van der Waals surface area contributed by atoms with Crippen LogP contribution in [-0.2, 0) is 0 Å². The monoisotopic (exact) mass is 313 g/mol. The lowest BCUT2D eigenvalue weighted by atomic mass is 10.1. The maximum atomic E-state index is 12.3. The molecule has 2 aromatic rings. The molecule has 2 rings (SSSR count). The molecule has 0 aliphatic heterocycles. The van der Waals surface area contributed by atoms with E-state index in [9.17, 15) is 14.9 Å². The molecule has 0 fully saturated rings. The largest absolute Gasteiger partial charge is 0.307 e. The van der Waals surface area contributed by atoms with E-state index in [0.29, 0.717) is 10.6 Å². The van der Waals surface area contributed by atoms with E-state index in [4.69, 9.17) is 23.2 Å². The number of ketones is 1. The molecular weight excluding hydrogens is 305 g/mol. The fourth-order valence-electron chi connectivity index (χ4n) is 1.67. The first-order chi connectivity index (χ1) is 9.40. The van der Waals surface area contributed by atoms with E-state index < -0.39 is 11.0 Å². The average Bonchev–Trinajstić information content (AvgIpc) is 2.87. The molecule has 1 atom stereocenters. The highest BCUT2D eigenvalue weighted by Gasteiger charge is 2.22. The van der Waals surface area contributed by atoms with Crippen molar-refractivity contribution in [2.75, 3.05) is 0 Å². The highest BCUT2D eigenvalue weighted by molar-refractivity contribution is 6.36. The normalized spacial score (nSPS) is 12.2. The Morgan fingerprint density at radius 2 is 2.15 bits per heavy atom. The molecule has 8 heteroatoms. The van der Waals surface area contributed by atoms with Crippen molar-refractivity contribution in [1.82, 2.24) is 9.78 Å². The maximum Gasteiger partial charge on any atom is 0.307 e. The van der Waals surface area contributed by atoms with E-state index in [1.54, 1.807) is 13.0 Å². The maximum absolute atomic E-state index is 12.3. The molecule has 20 heavy (non-hydrogen) atoms. The zero-order valence-electron chi connectivity index (χ0n) is 10.3. The Morgan fingerprint density at radius 3 is 2.70 bits per heavy atom. The van der Waals surface area contributed by atoms with Gasteiger partial charge in [-0.2, -0.15) is 5.10 Å². The molecule has 0 N–H and O–H groups in total. The highest BCUT2D eigenvalue weighted by atomic mass is 35.5. The standard InChI is InChI=1S/C12H9Cl2N3O3/c1-7(16-6-9(5-15-16)17(19)20)12(18)10-3-2-8(13)4-11(10)14/h2-7H,1H3. The zero-order chi connectivity index (χ0) is 14.9. The summed E-state index contributed by atoms with van der Waals surface area (Å²) < 4.78 is 1.23. The van der Waals surface area contributed by atoms with Crippen LogP contribution in [-0.4, -0.2) is 20.5 Å². The number of Topliss-reactive ketones (excluding diaryl/α,β-unsaturated/α-hetero) is 1. The fourth-order valence-corrected chi connectivity index (χ4v) is 2.17. The summed E-state index contributed by atoms with van der Waals surface area (Å²) in [5, 5.41) is 15.1. The smallest absolute Gasteiger partial charge is 0.292 e. The summed E-state index contributed by atoms with van der Waals surface area (Å²) in [5.41, 5.74) is 0.119. The number of benzene rings is 1. The van der Waals surface area contributed by atoms with Crippen LogP contribution in [0.5, 0.6) is 0 Å². The first-order valence-electron chi connectivity index (χ1n) is 5.58. The first-order valence-corrected chi connectivity index (χ1v) is 6.33. The summed E-state index contributed by atoms with van der Waals surface area (Å²) >= 11 is 11.7. The van der Waals surface area contributed by atoms with Crippen LogP contribution in [0.2, 0.25) is 10.0 Å². The number of nitro groups is 1. The van der Waals surface area contributed by atoms with E-state index >= 15 is 0 Å². The van der Waals surface area contributed by atoms with Crippen molar-refractivity contribution < 1.29 is 9.72 Å². The minimum atomic E-state index is -0.706. The van der Waals surface area contributed by atoms with Gasteiger partial charge in [0, 0.05) is 10.6 Å². The van der Waals surface area contributed by atoms with Gasteiger partial charge < -0.3 is 0 Å². The van der Waals surface area contributed by atoms with E-state index in [0.717, 1.165) is 6.20 Å². The van der Waals surface area contributed by atoms with Crippen LogP contribution in [0.1, 0.15) is 23.3 Å². The van der Waals surface area contributed by atoms with Crippen LogP contribution < -0.4 is 0 Å². The molecule has 0 aliphatic rings. The summed E-state index contributed by atoms with van der Waals surface area (Å²) in [4.78, 5) is 22.3. The minimum Gasteiger partial charge on any atom is -0.292 e. The number of carbonyl (C=O) groups is 1. The molecule has 6 nitrogen and oxygen atoms in total. The van der Waals surface area contributed by atoms with Gasteiger partial charge in [0.25, 0.3) is 0 Å². The van der Waals surface area contributed by atoms with Gasteiger partial charge in [-0.3, -0.25) is 19.6 Å². The molecule has 0 saturated heterocycles. The van der Waals surface area contributed by atoms with Crippen molar-refractivity contribution in [1.29, 1.82) is 0 Å². The molecular formula is C12H9Cl2N3O3. The summed E-state index contributed by atoms with van der Waals surface area (Å²) in [5.74, 6) is -0.301. The lowest BCUT2D eigenvalue weighted by molar-refractivity contribution is -0.385. The fraction of sp³-hybridized carbons (Fsp3) is 0.167. The molecule has 0 bridgehead atoms. The summed E-state index contributed by atoms with van der Waals surface area (Å²) in [6.07, 6.45) is 2.29. The Labute approximate surface area is 124 Å². The third-order valence-corrected chi connectivity index (χ3v) is 3.32. The van der Waals surface area contributed by atoms with Crippen molar-refractivity contribution in [3.8, 4) is 0 Å². The lowest BCUT2D eigenvalue weighted by Gasteiger charge is -2.11. The van der Waals surface area contributed by atoms with Gasteiger partial charge in [0.1, 0.15) is 18.4 Å². The topological polar surface area (TPSA) is 78.0 Å². The van der Waals surface area contributed by atoms with Crippen molar-refractivity contribution >= 4 is 34.7 Å². The first kappa shape index (κ1) is 14.5. The van der Waals surface area contributed by atoms with Crippen molar-refractivity contribution in [3.05, 3.63) is 56.3 Å². The molecule has 1 aromatic heterocycles.